The summed E-state index contributed by atoms with van der Waals surface area (Å²) in [5.74, 6) is 2.81. The maximum Gasteiger partial charge on any atom is 0.235 e. The molecule has 0 aliphatic rings. The molecule has 0 atom stereocenters. The molecule has 0 N–H and O–H groups in total. The molecule has 140 valence electrons. The van der Waals surface area contributed by atoms with Gasteiger partial charge in [-0.15, -0.1) is 10.2 Å². The third kappa shape index (κ3) is 2.78. The van der Waals surface area contributed by atoms with Crippen molar-refractivity contribution < 1.29 is 13.9 Å². The summed E-state index contributed by atoms with van der Waals surface area (Å²) in [7, 11) is 1.64. The van der Waals surface area contributed by atoms with Gasteiger partial charge >= 0.3 is 0 Å². The molecule has 2 aromatic carbocycles. The summed E-state index contributed by atoms with van der Waals surface area (Å²) in [5.41, 5.74) is 1.85. The lowest BCUT2D eigenvalue weighted by atomic mass is 10.1. The van der Waals surface area contributed by atoms with E-state index in [1.165, 1.54) is 11.3 Å². The minimum Gasteiger partial charge on any atom is -0.497 e. The first-order valence-corrected chi connectivity index (χ1v) is 9.51. The lowest BCUT2D eigenvalue weighted by molar-refractivity contribution is 0.303. The highest BCUT2D eigenvalue weighted by molar-refractivity contribution is 7.16. The Bertz CT molecular complexity index is 1270. The van der Waals surface area contributed by atoms with Crippen LogP contribution in [0.3, 0.4) is 0 Å². The molecule has 0 unspecified atom stereocenters. The van der Waals surface area contributed by atoms with Gasteiger partial charge in [0.2, 0.25) is 10.8 Å². The van der Waals surface area contributed by atoms with E-state index in [4.69, 9.17) is 13.9 Å². The lowest BCUT2D eigenvalue weighted by Gasteiger charge is -2.04. The molecule has 0 spiro atoms. The zero-order chi connectivity index (χ0) is 19.1. The molecule has 0 saturated carbocycles. The molecule has 0 radical (unpaired) electrons. The Morgan fingerprint density at radius 3 is 2.61 bits per heavy atom. The van der Waals surface area contributed by atoms with E-state index >= 15 is 0 Å². The van der Waals surface area contributed by atoms with E-state index in [9.17, 15) is 0 Å². The molecule has 0 aliphatic carbocycles. The number of hydrogen-bond donors (Lipinski definition) is 0. The smallest absolute Gasteiger partial charge is 0.235 e. The van der Waals surface area contributed by atoms with E-state index in [1.807, 2.05) is 55.5 Å². The number of furan rings is 1. The Morgan fingerprint density at radius 2 is 1.82 bits per heavy atom. The topological polar surface area (TPSA) is 74.7 Å². The summed E-state index contributed by atoms with van der Waals surface area (Å²) >= 11 is 1.44. The highest BCUT2D eigenvalue weighted by Crippen LogP contribution is 2.32. The zero-order valence-corrected chi connectivity index (χ0v) is 16.1. The molecule has 0 amide bonds. The van der Waals surface area contributed by atoms with Crippen molar-refractivity contribution >= 4 is 27.3 Å². The van der Waals surface area contributed by atoms with Crippen molar-refractivity contribution in [2.24, 2.45) is 0 Å². The first-order chi connectivity index (χ1) is 13.7. The summed E-state index contributed by atoms with van der Waals surface area (Å²) in [6, 6.07) is 15.4. The highest BCUT2D eigenvalue weighted by Gasteiger charge is 2.20. The number of para-hydroxylation sites is 1. The van der Waals surface area contributed by atoms with Crippen molar-refractivity contribution in [3.8, 4) is 23.1 Å². The van der Waals surface area contributed by atoms with Crippen molar-refractivity contribution in [2.75, 3.05) is 7.11 Å². The molecule has 0 aliphatic heterocycles. The Hall–Kier alpha value is -3.39. The molecule has 0 saturated heterocycles. The summed E-state index contributed by atoms with van der Waals surface area (Å²) in [6.45, 7) is 2.36. The van der Waals surface area contributed by atoms with Gasteiger partial charge in [0.1, 0.15) is 23.7 Å². The molecule has 28 heavy (non-hydrogen) atoms. The predicted molar refractivity (Wildman–Crippen MR) is 106 cm³/mol. The summed E-state index contributed by atoms with van der Waals surface area (Å²) < 4.78 is 18.7. The number of hydrogen-bond acceptors (Lipinski definition) is 7. The minimum absolute atomic E-state index is 0.346. The van der Waals surface area contributed by atoms with Crippen LogP contribution in [-0.4, -0.2) is 26.9 Å². The molecule has 5 aromatic rings. The van der Waals surface area contributed by atoms with Crippen LogP contribution in [0, 0.1) is 6.92 Å². The predicted octanol–water partition coefficient (Wildman–Crippen LogP) is 4.50. The van der Waals surface area contributed by atoms with Gasteiger partial charge < -0.3 is 13.9 Å². The van der Waals surface area contributed by atoms with E-state index < -0.39 is 0 Å². The fraction of sp³-hybridized carbons (Fsp3) is 0.150. The van der Waals surface area contributed by atoms with Crippen LogP contribution in [0.2, 0.25) is 0 Å². The van der Waals surface area contributed by atoms with Gasteiger partial charge in [-0.3, -0.25) is 0 Å². The van der Waals surface area contributed by atoms with Gasteiger partial charge in [-0.05, 0) is 37.3 Å². The number of fused-ring (bicyclic) bond motifs is 2. The van der Waals surface area contributed by atoms with Gasteiger partial charge in [-0.25, -0.2) is 0 Å². The minimum atomic E-state index is 0.346. The maximum atomic E-state index is 6.01. The first kappa shape index (κ1) is 16.8. The quantitative estimate of drug-likeness (QED) is 0.439. The number of benzene rings is 2. The molecule has 3 heterocycles. The zero-order valence-electron chi connectivity index (χ0n) is 15.2. The van der Waals surface area contributed by atoms with Crippen LogP contribution in [0.4, 0.5) is 0 Å². The number of ether oxygens (including phenoxy) is 2. The van der Waals surface area contributed by atoms with Crippen LogP contribution >= 0.6 is 11.3 Å². The third-order valence-corrected chi connectivity index (χ3v) is 5.37. The van der Waals surface area contributed by atoms with Gasteiger partial charge in [0.05, 0.1) is 7.11 Å². The van der Waals surface area contributed by atoms with Crippen LogP contribution in [0.5, 0.6) is 11.5 Å². The second kappa shape index (κ2) is 6.65. The molecular weight excluding hydrogens is 376 g/mol. The Kier molecular flexibility index (Phi) is 3.98. The lowest BCUT2D eigenvalue weighted by Crippen LogP contribution is -1.97. The van der Waals surface area contributed by atoms with E-state index in [1.54, 1.807) is 11.6 Å². The van der Waals surface area contributed by atoms with Crippen molar-refractivity contribution in [1.29, 1.82) is 0 Å². The van der Waals surface area contributed by atoms with Crippen molar-refractivity contribution in [2.45, 2.75) is 13.5 Å². The van der Waals surface area contributed by atoms with Gasteiger partial charge in [-0.2, -0.15) is 9.61 Å². The van der Waals surface area contributed by atoms with E-state index in [0.29, 0.717) is 23.2 Å². The maximum absolute atomic E-state index is 6.01. The summed E-state index contributed by atoms with van der Waals surface area (Å²) in [5, 5.41) is 15.0. The standard InChI is InChI=1S/C20H16N4O3S/c1-12-15-5-3-4-6-16(15)27-18(12)19-21-22-20-24(19)23-17(28-20)11-26-14-9-7-13(25-2)8-10-14/h3-10H,11H2,1-2H3. The van der Waals surface area contributed by atoms with Crippen LogP contribution in [-0.2, 0) is 6.61 Å². The fourth-order valence-electron chi connectivity index (χ4n) is 3.06. The molecule has 3 aromatic heterocycles. The van der Waals surface area contributed by atoms with Crippen molar-refractivity contribution in [1.82, 2.24) is 19.8 Å². The SMILES string of the molecule is COc1ccc(OCc2nn3c(-c4oc5ccccc5c4C)nnc3s2)cc1. The van der Waals surface area contributed by atoms with Crippen molar-refractivity contribution in [3.05, 3.63) is 59.1 Å². The average Bonchev–Trinajstić information content (AvgIpc) is 3.40. The number of methoxy groups -OCH3 is 1. The number of aromatic nitrogens is 4. The molecule has 5 rings (SSSR count). The second-order valence-electron chi connectivity index (χ2n) is 6.23. The number of aryl methyl sites for hydroxylation is 1. The number of rotatable bonds is 5. The van der Waals surface area contributed by atoms with Crippen molar-refractivity contribution in [3.63, 3.8) is 0 Å². The molecule has 8 heteroatoms. The second-order valence-corrected chi connectivity index (χ2v) is 7.27. The molecule has 7 nitrogen and oxygen atoms in total. The Balaban J connectivity index is 1.44. The Morgan fingerprint density at radius 1 is 1.04 bits per heavy atom. The number of nitrogens with zero attached hydrogens (tertiary/aromatic N) is 4. The average molecular weight is 392 g/mol. The summed E-state index contributed by atoms with van der Waals surface area (Å²) in [6.07, 6.45) is 0. The summed E-state index contributed by atoms with van der Waals surface area (Å²) in [4.78, 5) is 0.697. The van der Waals surface area contributed by atoms with Gasteiger partial charge in [-0.1, -0.05) is 29.5 Å². The first-order valence-electron chi connectivity index (χ1n) is 8.69. The normalized spacial score (nSPS) is 11.4. The molecular formula is C20H16N4O3S. The van der Waals surface area contributed by atoms with Gasteiger partial charge in [0.25, 0.3) is 0 Å². The third-order valence-electron chi connectivity index (χ3n) is 4.50. The highest BCUT2D eigenvalue weighted by atomic mass is 32.1. The van der Waals surface area contributed by atoms with Crippen LogP contribution in [0.25, 0.3) is 27.5 Å². The van der Waals surface area contributed by atoms with Crippen LogP contribution in [0.15, 0.2) is 52.9 Å². The van der Waals surface area contributed by atoms with E-state index in [-0.39, 0.29) is 0 Å². The largest absolute Gasteiger partial charge is 0.497 e. The monoisotopic (exact) mass is 392 g/mol. The van der Waals surface area contributed by atoms with E-state index in [2.05, 4.69) is 15.3 Å². The Labute approximate surface area is 164 Å². The van der Waals surface area contributed by atoms with Crippen LogP contribution in [0.1, 0.15) is 10.6 Å². The van der Waals surface area contributed by atoms with Gasteiger partial charge in [0.15, 0.2) is 10.8 Å². The molecule has 0 bridgehead atoms. The fourth-order valence-corrected chi connectivity index (χ4v) is 3.81. The van der Waals surface area contributed by atoms with Gasteiger partial charge in [0, 0.05) is 10.9 Å². The van der Waals surface area contributed by atoms with E-state index in [0.717, 1.165) is 33.0 Å². The molecule has 0 fully saturated rings. The van der Waals surface area contributed by atoms with Crippen LogP contribution < -0.4 is 9.47 Å².